The molecule has 1 aliphatic rings. The van der Waals surface area contributed by atoms with Gasteiger partial charge in [-0.2, -0.15) is 0 Å². The van der Waals surface area contributed by atoms with Crippen LogP contribution in [0.15, 0.2) is 64.4 Å². The molecule has 0 saturated heterocycles. The SMILES string of the molecule is COP(=Nc1ccccc1)(OC)C1=C=CC=C1. The Kier molecular flexibility index (Phi) is 3.78. The Labute approximate surface area is 101 Å². The summed E-state index contributed by atoms with van der Waals surface area (Å²) in [5.41, 5.74) is 3.95. The highest BCUT2D eigenvalue weighted by Gasteiger charge is 2.24. The molecule has 0 aliphatic heterocycles. The summed E-state index contributed by atoms with van der Waals surface area (Å²) < 4.78 is 15.7. The fourth-order valence-electron chi connectivity index (χ4n) is 1.55. The first kappa shape index (κ1) is 12.1. The molecule has 0 amide bonds. The summed E-state index contributed by atoms with van der Waals surface area (Å²) in [5, 5.41) is 0.867. The van der Waals surface area contributed by atoms with Crippen molar-refractivity contribution in [1.29, 1.82) is 0 Å². The van der Waals surface area contributed by atoms with Gasteiger partial charge in [0.05, 0.1) is 11.0 Å². The van der Waals surface area contributed by atoms with Crippen LogP contribution in [0.4, 0.5) is 5.69 Å². The van der Waals surface area contributed by atoms with Gasteiger partial charge in [0, 0.05) is 14.2 Å². The van der Waals surface area contributed by atoms with Crippen molar-refractivity contribution < 1.29 is 9.05 Å². The average molecular weight is 247 g/mol. The quantitative estimate of drug-likeness (QED) is 0.588. The van der Waals surface area contributed by atoms with Crippen molar-refractivity contribution in [1.82, 2.24) is 0 Å². The molecule has 0 bridgehead atoms. The van der Waals surface area contributed by atoms with Crippen LogP contribution in [0.2, 0.25) is 0 Å². The zero-order valence-electron chi connectivity index (χ0n) is 9.83. The summed E-state index contributed by atoms with van der Waals surface area (Å²) in [5.74, 6) is 0. The molecule has 4 heteroatoms. The lowest BCUT2D eigenvalue weighted by molar-refractivity contribution is 0.335. The highest BCUT2D eigenvalue weighted by Crippen LogP contribution is 2.60. The van der Waals surface area contributed by atoms with E-state index in [9.17, 15) is 0 Å². The molecule has 0 heterocycles. The third-order valence-corrected chi connectivity index (χ3v) is 4.76. The molecule has 0 spiro atoms. The molecule has 0 N–H and O–H groups in total. The van der Waals surface area contributed by atoms with E-state index in [-0.39, 0.29) is 0 Å². The van der Waals surface area contributed by atoms with Crippen molar-refractivity contribution in [2.24, 2.45) is 4.74 Å². The maximum atomic E-state index is 5.53. The molecule has 1 aromatic rings. The lowest BCUT2D eigenvalue weighted by Crippen LogP contribution is -1.90. The van der Waals surface area contributed by atoms with Crippen LogP contribution in [0.3, 0.4) is 0 Å². The zero-order valence-corrected chi connectivity index (χ0v) is 10.7. The predicted octanol–water partition coefficient (Wildman–Crippen LogP) is 4.25. The maximum Gasteiger partial charge on any atom is 0.256 e. The van der Waals surface area contributed by atoms with Crippen molar-refractivity contribution in [3.8, 4) is 0 Å². The van der Waals surface area contributed by atoms with E-state index in [1.54, 1.807) is 14.2 Å². The number of hydrogen-bond donors (Lipinski definition) is 0. The number of hydrogen-bond acceptors (Lipinski definition) is 3. The first-order valence-electron chi connectivity index (χ1n) is 5.23. The minimum Gasteiger partial charge on any atom is -0.323 e. The summed E-state index contributed by atoms with van der Waals surface area (Å²) in [6.45, 7) is 0. The van der Waals surface area contributed by atoms with Crippen molar-refractivity contribution in [3.05, 3.63) is 59.6 Å². The number of nitrogens with zero attached hydrogens (tertiary/aromatic N) is 1. The van der Waals surface area contributed by atoms with Crippen LogP contribution in [0, 0.1) is 0 Å². The number of rotatable bonds is 4. The molecule has 3 nitrogen and oxygen atoms in total. The largest absolute Gasteiger partial charge is 0.323 e. The van der Waals surface area contributed by atoms with E-state index in [2.05, 4.69) is 10.5 Å². The van der Waals surface area contributed by atoms with E-state index < -0.39 is 7.51 Å². The Balaban J connectivity index is 2.52. The molecule has 0 saturated carbocycles. The molecular weight excluding hydrogens is 233 g/mol. The van der Waals surface area contributed by atoms with Gasteiger partial charge in [-0.25, -0.2) is 4.74 Å². The highest BCUT2D eigenvalue weighted by atomic mass is 31.2. The Morgan fingerprint density at radius 2 is 1.82 bits per heavy atom. The van der Waals surface area contributed by atoms with Crippen LogP contribution in [-0.2, 0) is 9.05 Å². The lowest BCUT2D eigenvalue weighted by atomic mass is 10.3. The standard InChI is InChI=1S/C13H14NO2P/c1-15-17(16-2,13-10-6-7-11-13)14-12-8-4-3-5-9-12/h3-10H,1-2H3. The number of allylic oxidation sites excluding steroid dienone is 3. The summed E-state index contributed by atoms with van der Waals surface area (Å²) >= 11 is 0. The highest BCUT2D eigenvalue weighted by molar-refractivity contribution is 7.61. The number of benzene rings is 1. The second-order valence-corrected chi connectivity index (χ2v) is 5.83. The van der Waals surface area contributed by atoms with E-state index in [1.165, 1.54) is 0 Å². The van der Waals surface area contributed by atoms with Gasteiger partial charge < -0.3 is 9.05 Å². The van der Waals surface area contributed by atoms with Crippen LogP contribution in [0.25, 0.3) is 0 Å². The van der Waals surface area contributed by atoms with E-state index in [1.807, 2.05) is 48.6 Å². The van der Waals surface area contributed by atoms with Crippen LogP contribution in [-0.4, -0.2) is 14.2 Å². The van der Waals surface area contributed by atoms with Crippen molar-refractivity contribution >= 4 is 13.2 Å². The third-order valence-electron chi connectivity index (χ3n) is 2.38. The van der Waals surface area contributed by atoms with Crippen molar-refractivity contribution in [2.45, 2.75) is 0 Å². The van der Waals surface area contributed by atoms with Crippen LogP contribution < -0.4 is 0 Å². The first-order valence-corrected chi connectivity index (χ1v) is 6.81. The van der Waals surface area contributed by atoms with Crippen molar-refractivity contribution in [3.63, 3.8) is 0 Å². The molecule has 88 valence electrons. The molecule has 1 aliphatic carbocycles. The monoisotopic (exact) mass is 247 g/mol. The zero-order chi connectivity index (χ0) is 12.1. The second-order valence-electron chi connectivity index (χ2n) is 3.38. The van der Waals surface area contributed by atoms with E-state index in [4.69, 9.17) is 9.05 Å². The van der Waals surface area contributed by atoms with Gasteiger partial charge in [0.2, 0.25) is 0 Å². The van der Waals surface area contributed by atoms with E-state index in [0.717, 1.165) is 11.0 Å². The average Bonchev–Trinajstić information content (AvgIpc) is 2.92. The van der Waals surface area contributed by atoms with E-state index in [0.29, 0.717) is 0 Å². The fraction of sp³-hybridized carbons (Fsp3) is 0.154. The second kappa shape index (κ2) is 5.31. The third kappa shape index (κ3) is 2.49. The molecule has 17 heavy (non-hydrogen) atoms. The Morgan fingerprint density at radius 3 is 2.35 bits per heavy atom. The van der Waals surface area contributed by atoms with Crippen LogP contribution >= 0.6 is 7.51 Å². The van der Waals surface area contributed by atoms with Gasteiger partial charge >= 0.3 is 0 Å². The Bertz CT molecular complexity index is 532. The summed E-state index contributed by atoms with van der Waals surface area (Å²) in [7, 11) is 0.816. The van der Waals surface area contributed by atoms with Gasteiger partial charge in [0.15, 0.2) is 0 Å². The van der Waals surface area contributed by atoms with E-state index >= 15 is 0 Å². The summed E-state index contributed by atoms with van der Waals surface area (Å²) in [6, 6.07) is 9.68. The van der Waals surface area contributed by atoms with Gasteiger partial charge in [0.1, 0.15) is 0 Å². The molecule has 2 rings (SSSR count). The minimum atomic E-state index is -2.41. The predicted molar refractivity (Wildman–Crippen MR) is 70.2 cm³/mol. The molecule has 1 aromatic carbocycles. The fourth-order valence-corrected chi connectivity index (χ4v) is 3.31. The minimum absolute atomic E-state index is 0.846. The normalized spacial score (nSPS) is 13.9. The molecule has 0 fully saturated rings. The molecule has 0 radical (unpaired) electrons. The van der Waals surface area contributed by atoms with Gasteiger partial charge in [-0.1, -0.05) is 24.3 Å². The summed E-state index contributed by atoms with van der Waals surface area (Å²) in [4.78, 5) is 0. The van der Waals surface area contributed by atoms with Gasteiger partial charge in [-0.3, -0.25) is 0 Å². The smallest absolute Gasteiger partial charge is 0.256 e. The molecule has 0 atom stereocenters. The van der Waals surface area contributed by atoms with Crippen LogP contribution in [0.1, 0.15) is 0 Å². The van der Waals surface area contributed by atoms with Crippen molar-refractivity contribution in [2.75, 3.05) is 14.2 Å². The Hall–Kier alpha value is -1.37. The molecular formula is C13H14NO2P. The van der Waals surface area contributed by atoms with Gasteiger partial charge in [-0.15, -0.1) is 5.73 Å². The topological polar surface area (TPSA) is 30.8 Å². The first-order chi connectivity index (χ1) is 8.30. The lowest BCUT2D eigenvalue weighted by Gasteiger charge is -2.19. The molecule has 0 unspecified atom stereocenters. The van der Waals surface area contributed by atoms with Gasteiger partial charge in [-0.05, 0) is 24.3 Å². The Morgan fingerprint density at radius 1 is 1.12 bits per heavy atom. The summed E-state index contributed by atoms with van der Waals surface area (Å²) in [6.07, 6.45) is 5.67. The molecule has 0 aromatic heterocycles. The van der Waals surface area contributed by atoms with Crippen LogP contribution in [0.5, 0.6) is 0 Å². The van der Waals surface area contributed by atoms with Gasteiger partial charge in [0.25, 0.3) is 7.51 Å². The maximum absolute atomic E-state index is 5.53.